The summed E-state index contributed by atoms with van der Waals surface area (Å²) < 4.78 is 5.91. The predicted molar refractivity (Wildman–Crippen MR) is 103 cm³/mol. The number of pyridine rings is 1. The molecule has 0 aliphatic carbocycles. The number of rotatable bonds is 4. The maximum Gasteiger partial charge on any atom is 0.247 e. The molecule has 0 saturated carbocycles. The number of amides is 1. The van der Waals surface area contributed by atoms with E-state index in [0.717, 1.165) is 53.7 Å². The molecule has 4 nitrogen and oxygen atoms in total. The van der Waals surface area contributed by atoms with Crippen molar-refractivity contribution in [3.63, 3.8) is 0 Å². The largest absolute Gasteiger partial charge is 0.460 e. The molecular formula is C22H22N2O2. The number of hydrogen-bond acceptors (Lipinski definition) is 3. The van der Waals surface area contributed by atoms with Crippen LogP contribution in [-0.2, 0) is 11.2 Å². The molecule has 1 amide bonds. The lowest BCUT2D eigenvalue weighted by Crippen LogP contribution is -2.28. The molecule has 4 rings (SSSR count). The normalized spacial score (nSPS) is 17.4. The van der Waals surface area contributed by atoms with Gasteiger partial charge in [-0.15, -0.1) is 0 Å². The number of fused-ring (bicyclic) bond motifs is 1. The maximum atomic E-state index is 12.9. The Hall–Kier alpha value is -2.88. The second-order valence-corrected chi connectivity index (χ2v) is 6.59. The second-order valence-electron chi connectivity index (χ2n) is 6.59. The van der Waals surface area contributed by atoms with Crippen molar-refractivity contribution in [2.75, 3.05) is 6.54 Å². The van der Waals surface area contributed by atoms with Crippen LogP contribution in [0.1, 0.15) is 42.7 Å². The first-order valence-electron chi connectivity index (χ1n) is 9.17. The lowest BCUT2D eigenvalue weighted by molar-refractivity contribution is -0.126. The fourth-order valence-corrected chi connectivity index (χ4v) is 3.77. The van der Waals surface area contributed by atoms with Crippen LogP contribution in [0.15, 0.2) is 59.3 Å². The molecule has 3 aromatic rings. The van der Waals surface area contributed by atoms with Gasteiger partial charge in [-0.05, 0) is 42.7 Å². The molecule has 0 bridgehead atoms. The standard InChI is InChI=1S/C22H22N2O2/c1-2-20-18(17-6-3-4-8-21(17)26-20)9-10-22(25)24-15-5-7-19(24)16-11-13-23-14-12-16/h3-4,6,8-14,19H,2,5,7,15H2,1H3/b10-9+/t19-/m1/s1. The number of hydrogen-bond donors (Lipinski definition) is 0. The summed E-state index contributed by atoms with van der Waals surface area (Å²) in [7, 11) is 0. The van der Waals surface area contributed by atoms with Crippen molar-refractivity contribution in [1.29, 1.82) is 0 Å². The zero-order valence-electron chi connectivity index (χ0n) is 14.9. The van der Waals surface area contributed by atoms with Gasteiger partial charge in [-0.3, -0.25) is 9.78 Å². The van der Waals surface area contributed by atoms with Gasteiger partial charge in [0.2, 0.25) is 5.91 Å². The Morgan fingerprint density at radius 2 is 2.08 bits per heavy atom. The van der Waals surface area contributed by atoms with E-state index in [0.29, 0.717) is 0 Å². The molecule has 0 spiro atoms. The maximum absolute atomic E-state index is 12.9. The van der Waals surface area contributed by atoms with Crippen molar-refractivity contribution in [3.05, 3.63) is 71.8 Å². The number of aromatic nitrogens is 1. The number of aryl methyl sites for hydroxylation is 1. The number of nitrogens with zero attached hydrogens (tertiary/aromatic N) is 2. The van der Waals surface area contributed by atoms with Gasteiger partial charge in [0, 0.05) is 42.4 Å². The summed E-state index contributed by atoms with van der Waals surface area (Å²) in [6, 6.07) is 12.1. The van der Waals surface area contributed by atoms with Gasteiger partial charge < -0.3 is 9.32 Å². The molecule has 2 aromatic heterocycles. The van der Waals surface area contributed by atoms with Crippen LogP contribution in [0.25, 0.3) is 17.0 Å². The van der Waals surface area contributed by atoms with E-state index in [9.17, 15) is 4.79 Å². The fraction of sp³-hybridized carbons (Fsp3) is 0.273. The third kappa shape index (κ3) is 3.03. The summed E-state index contributed by atoms with van der Waals surface area (Å²) in [5.74, 6) is 0.971. The highest BCUT2D eigenvalue weighted by molar-refractivity contribution is 5.96. The number of benzene rings is 1. The lowest BCUT2D eigenvalue weighted by atomic mass is 10.1. The van der Waals surface area contributed by atoms with Gasteiger partial charge in [0.1, 0.15) is 11.3 Å². The van der Waals surface area contributed by atoms with Crippen LogP contribution in [0.2, 0.25) is 0 Å². The monoisotopic (exact) mass is 346 g/mol. The predicted octanol–water partition coefficient (Wildman–Crippen LogP) is 4.77. The van der Waals surface area contributed by atoms with Crippen LogP contribution in [-0.4, -0.2) is 22.3 Å². The highest BCUT2D eigenvalue weighted by Gasteiger charge is 2.28. The highest BCUT2D eigenvalue weighted by Crippen LogP contribution is 2.32. The average molecular weight is 346 g/mol. The Balaban J connectivity index is 1.60. The molecule has 1 fully saturated rings. The van der Waals surface area contributed by atoms with Crippen LogP contribution in [0, 0.1) is 0 Å². The van der Waals surface area contributed by atoms with E-state index in [1.165, 1.54) is 0 Å². The number of para-hydroxylation sites is 1. The average Bonchev–Trinajstić information content (AvgIpc) is 3.31. The zero-order valence-corrected chi connectivity index (χ0v) is 14.9. The van der Waals surface area contributed by atoms with Crippen molar-refractivity contribution in [2.45, 2.75) is 32.2 Å². The molecule has 26 heavy (non-hydrogen) atoms. The van der Waals surface area contributed by atoms with Gasteiger partial charge in [-0.2, -0.15) is 0 Å². The first-order chi connectivity index (χ1) is 12.8. The van der Waals surface area contributed by atoms with Crippen LogP contribution in [0.3, 0.4) is 0 Å². The number of carbonyl (C=O) groups excluding carboxylic acids is 1. The quantitative estimate of drug-likeness (QED) is 0.640. The summed E-state index contributed by atoms with van der Waals surface area (Å²) >= 11 is 0. The van der Waals surface area contributed by atoms with E-state index in [4.69, 9.17) is 4.42 Å². The third-order valence-electron chi connectivity index (χ3n) is 5.05. The Labute approximate surface area is 153 Å². The van der Waals surface area contributed by atoms with E-state index in [1.807, 2.05) is 47.4 Å². The van der Waals surface area contributed by atoms with Gasteiger partial charge >= 0.3 is 0 Å². The minimum atomic E-state index is 0.0525. The van der Waals surface area contributed by atoms with Crippen LogP contribution >= 0.6 is 0 Å². The van der Waals surface area contributed by atoms with Crippen molar-refractivity contribution >= 4 is 23.0 Å². The van der Waals surface area contributed by atoms with E-state index in [2.05, 4.69) is 11.9 Å². The number of carbonyl (C=O) groups is 1. The first kappa shape index (κ1) is 16.6. The van der Waals surface area contributed by atoms with Crippen molar-refractivity contribution in [3.8, 4) is 0 Å². The van der Waals surface area contributed by atoms with E-state index in [1.54, 1.807) is 18.5 Å². The molecule has 4 heteroatoms. The van der Waals surface area contributed by atoms with E-state index in [-0.39, 0.29) is 11.9 Å². The molecule has 132 valence electrons. The highest BCUT2D eigenvalue weighted by atomic mass is 16.3. The van der Waals surface area contributed by atoms with Crippen LogP contribution in [0.4, 0.5) is 0 Å². The van der Waals surface area contributed by atoms with Crippen molar-refractivity contribution in [1.82, 2.24) is 9.88 Å². The lowest BCUT2D eigenvalue weighted by Gasteiger charge is -2.23. The molecule has 1 aliphatic heterocycles. The van der Waals surface area contributed by atoms with E-state index >= 15 is 0 Å². The number of furan rings is 1. The van der Waals surface area contributed by atoms with Gasteiger partial charge in [-0.25, -0.2) is 0 Å². The van der Waals surface area contributed by atoms with Gasteiger partial charge in [-0.1, -0.05) is 25.1 Å². The van der Waals surface area contributed by atoms with E-state index < -0.39 is 0 Å². The Morgan fingerprint density at radius 3 is 2.88 bits per heavy atom. The molecule has 0 unspecified atom stereocenters. The Kier molecular flexibility index (Phi) is 4.57. The first-order valence-corrected chi connectivity index (χ1v) is 9.17. The summed E-state index contributed by atoms with van der Waals surface area (Å²) in [4.78, 5) is 18.9. The molecular weight excluding hydrogens is 324 g/mol. The van der Waals surface area contributed by atoms with Gasteiger partial charge in [0.05, 0.1) is 6.04 Å². The molecule has 3 heterocycles. The molecule has 1 atom stereocenters. The van der Waals surface area contributed by atoms with Gasteiger partial charge in [0.15, 0.2) is 0 Å². The third-order valence-corrected chi connectivity index (χ3v) is 5.05. The van der Waals surface area contributed by atoms with Crippen LogP contribution in [0.5, 0.6) is 0 Å². The summed E-state index contributed by atoms with van der Waals surface area (Å²) in [6.45, 7) is 2.86. The smallest absolute Gasteiger partial charge is 0.247 e. The SMILES string of the molecule is CCc1oc2ccccc2c1/C=C/C(=O)N1CCC[C@@H]1c1ccncc1. The molecule has 0 radical (unpaired) electrons. The molecule has 0 N–H and O–H groups in total. The van der Waals surface area contributed by atoms with Crippen molar-refractivity contribution in [2.24, 2.45) is 0 Å². The van der Waals surface area contributed by atoms with Crippen LogP contribution < -0.4 is 0 Å². The minimum absolute atomic E-state index is 0.0525. The molecule has 1 aliphatic rings. The summed E-state index contributed by atoms with van der Waals surface area (Å²) in [5, 5.41) is 1.06. The van der Waals surface area contributed by atoms with Crippen molar-refractivity contribution < 1.29 is 9.21 Å². The second kappa shape index (κ2) is 7.16. The summed E-state index contributed by atoms with van der Waals surface area (Å²) in [5.41, 5.74) is 3.03. The molecule has 1 aromatic carbocycles. The fourth-order valence-electron chi connectivity index (χ4n) is 3.77. The number of likely N-dealkylation sites (tertiary alicyclic amines) is 1. The zero-order chi connectivity index (χ0) is 17.9. The Bertz CT molecular complexity index is 943. The van der Waals surface area contributed by atoms with Gasteiger partial charge in [0.25, 0.3) is 0 Å². The topological polar surface area (TPSA) is 46.3 Å². The minimum Gasteiger partial charge on any atom is -0.460 e. The summed E-state index contributed by atoms with van der Waals surface area (Å²) in [6.07, 6.45) is 10.0. The molecule has 1 saturated heterocycles. The Morgan fingerprint density at radius 1 is 1.27 bits per heavy atom.